The zero-order chi connectivity index (χ0) is 14.0. The fourth-order valence-electron chi connectivity index (χ4n) is 1.65. The lowest BCUT2D eigenvalue weighted by molar-refractivity contribution is 0.0993. The Labute approximate surface area is 133 Å². The zero-order valence-electron chi connectivity index (χ0n) is 10.0. The number of nitrogens with zero attached hydrogens (tertiary/aromatic N) is 1. The monoisotopic (exact) mass is 401 g/mol. The Balaban J connectivity index is 2.30. The van der Waals surface area contributed by atoms with Crippen molar-refractivity contribution in [1.82, 2.24) is 0 Å². The molecule has 2 aromatic rings. The topological polar surface area (TPSA) is 20.3 Å². The van der Waals surface area contributed by atoms with Crippen LogP contribution in [-0.4, -0.2) is 13.0 Å². The zero-order valence-corrected chi connectivity index (χ0v) is 14.0. The van der Waals surface area contributed by atoms with Crippen molar-refractivity contribution >= 4 is 55.1 Å². The Hall–Kier alpha value is -0.840. The van der Waals surface area contributed by atoms with Gasteiger partial charge in [0.25, 0.3) is 5.91 Å². The molecule has 0 aliphatic carbocycles. The van der Waals surface area contributed by atoms with Crippen molar-refractivity contribution in [3.63, 3.8) is 0 Å². The molecule has 0 aromatic heterocycles. The van der Waals surface area contributed by atoms with Gasteiger partial charge in [-0.15, -0.1) is 0 Å². The molecule has 0 aliphatic heterocycles. The maximum absolute atomic E-state index is 12.3. The lowest BCUT2D eigenvalue weighted by Gasteiger charge is -2.19. The molecular weight excluding hydrogens is 393 g/mol. The molecule has 0 heterocycles. The first-order valence-electron chi connectivity index (χ1n) is 5.47. The maximum Gasteiger partial charge on any atom is 0.258 e. The van der Waals surface area contributed by atoms with E-state index in [4.69, 9.17) is 11.6 Å². The van der Waals surface area contributed by atoms with Gasteiger partial charge in [-0.05, 0) is 42.5 Å². The van der Waals surface area contributed by atoms with E-state index in [0.717, 1.165) is 8.95 Å². The first-order chi connectivity index (χ1) is 8.99. The van der Waals surface area contributed by atoms with Crippen LogP contribution in [0.1, 0.15) is 10.4 Å². The van der Waals surface area contributed by atoms with Gasteiger partial charge in [0.2, 0.25) is 0 Å². The highest BCUT2D eigenvalue weighted by Gasteiger charge is 2.15. The third-order valence-electron chi connectivity index (χ3n) is 2.67. The number of hydrogen-bond donors (Lipinski definition) is 0. The summed E-state index contributed by atoms with van der Waals surface area (Å²) in [5.74, 6) is -0.100. The summed E-state index contributed by atoms with van der Waals surface area (Å²) >= 11 is 12.8. The minimum atomic E-state index is -0.100. The van der Waals surface area contributed by atoms with Gasteiger partial charge >= 0.3 is 0 Å². The number of benzene rings is 2. The van der Waals surface area contributed by atoms with Gasteiger partial charge in [0.05, 0.1) is 10.7 Å². The third-order valence-corrected chi connectivity index (χ3v) is 3.99. The average molecular weight is 404 g/mol. The normalized spacial score (nSPS) is 10.3. The SMILES string of the molecule is CN(C(=O)c1ccc(Br)cc1)c1ccc(Br)cc1Cl. The Kier molecular flexibility index (Phi) is 4.66. The molecule has 1 amide bonds. The molecule has 2 aromatic carbocycles. The van der Waals surface area contributed by atoms with Crippen LogP contribution in [0, 0.1) is 0 Å². The molecule has 0 fully saturated rings. The standard InChI is InChI=1S/C14H10Br2ClNO/c1-18(13-7-6-11(16)8-12(13)17)14(19)9-2-4-10(15)5-3-9/h2-8H,1H3. The van der Waals surface area contributed by atoms with Crippen LogP contribution in [0.2, 0.25) is 5.02 Å². The highest BCUT2D eigenvalue weighted by Crippen LogP contribution is 2.29. The quantitative estimate of drug-likeness (QED) is 0.680. The molecule has 98 valence electrons. The number of halogens is 3. The second-order valence-corrected chi connectivity index (χ2v) is 6.21. The van der Waals surface area contributed by atoms with Crippen LogP contribution >= 0.6 is 43.5 Å². The van der Waals surface area contributed by atoms with E-state index in [1.54, 1.807) is 25.2 Å². The summed E-state index contributed by atoms with van der Waals surface area (Å²) in [6.45, 7) is 0. The molecule has 0 aliphatic rings. The van der Waals surface area contributed by atoms with Gasteiger partial charge in [-0.2, -0.15) is 0 Å². The number of anilines is 1. The second-order valence-electron chi connectivity index (χ2n) is 3.97. The van der Waals surface area contributed by atoms with E-state index >= 15 is 0 Å². The summed E-state index contributed by atoms with van der Waals surface area (Å²) in [4.78, 5) is 13.9. The minimum Gasteiger partial charge on any atom is -0.310 e. The molecule has 19 heavy (non-hydrogen) atoms. The van der Waals surface area contributed by atoms with Gasteiger partial charge in [-0.1, -0.05) is 43.5 Å². The van der Waals surface area contributed by atoms with Crippen molar-refractivity contribution < 1.29 is 4.79 Å². The summed E-state index contributed by atoms with van der Waals surface area (Å²) < 4.78 is 1.82. The van der Waals surface area contributed by atoms with E-state index in [9.17, 15) is 4.79 Å². The molecule has 0 N–H and O–H groups in total. The van der Waals surface area contributed by atoms with Gasteiger partial charge in [0.15, 0.2) is 0 Å². The van der Waals surface area contributed by atoms with Crippen LogP contribution in [0.3, 0.4) is 0 Å². The van der Waals surface area contributed by atoms with E-state index in [1.807, 2.05) is 24.3 Å². The first kappa shape index (κ1) is 14.6. The van der Waals surface area contributed by atoms with E-state index in [0.29, 0.717) is 16.3 Å². The number of amides is 1. The summed E-state index contributed by atoms with van der Waals surface area (Å²) in [7, 11) is 1.71. The van der Waals surface area contributed by atoms with Gasteiger partial charge in [-0.3, -0.25) is 4.79 Å². The number of carbonyl (C=O) groups is 1. The molecule has 0 spiro atoms. The Bertz CT molecular complexity index is 613. The number of rotatable bonds is 2. The van der Waals surface area contributed by atoms with Gasteiger partial charge in [0.1, 0.15) is 0 Å². The van der Waals surface area contributed by atoms with Crippen molar-refractivity contribution in [2.24, 2.45) is 0 Å². The largest absolute Gasteiger partial charge is 0.310 e. The first-order valence-corrected chi connectivity index (χ1v) is 7.44. The third kappa shape index (κ3) is 3.38. The lowest BCUT2D eigenvalue weighted by Crippen LogP contribution is -2.26. The van der Waals surface area contributed by atoms with Crippen LogP contribution in [0.25, 0.3) is 0 Å². The molecule has 0 atom stereocenters. The lowest BCUT2D eigenvalue weighted by atomic mass is 10.2. The fraction of sp³-hybridized carbons (Fsp3) is 0.0714. The molecule has 0 unspecified atom stereocenters. The van der Waals surface area contributed by atoms with Crippen LogP contribution in [0.4, 0.5) is 5.69 Å². The van der Waals surface area contributed by atoms with Crippen LogP contribution < -0.4 is 4.90 Å². The summed E-state index contributed by atoms with van der Waals surface area (Å²) in [6.07, 6.45) is 0. The van der Waals surface area contributed by atoms with Gasteiger partial charge in [-0.25, -0.2) is 0 Å². The van der Waals surface area contributed by atoms with Gasteiger partial charge in [0, 0.05) is 21.6 Å². The van der Waals surface area contributed by atoms with E-state index < -0.39 is 0 Å². The molecule has 5 heteroatoms. The van der Waals surface area contributed by atoms with Crippen LogP contribution in [-0.2, 0) is 0 Å². The fourth-order valence-corrected chi connectivity index (χ4v) is 2.71. The van der Waals surface area contributed by atoms with Crippen molar-refractivity contribution in [2.75, 3.05) is 11.9 Å². The average Bonchev–Trinajstić information content (AvgIpc) is 2.38. The smallest absolute Gasteiger partial charge is 0.258 e. The number of carbonyl (C=O) groups excluding carboxylic acids is 1. The molecule has 2 rings (SSSR count). The van der Waals surface area contributed by atoms with Crippen LogP contribution in [0.15, 0.2) is 51.4 Å². The summed E-state index contributed by atoms with van der Waals surface area (Å²) in [5.41, 5.74) is 1.29. The van der Waals surface area contributed by atoms with Crippen molar-refractivity contribution in [3.8, 4) is 0 Å². The Morgan fingerprint density at radius 3 is 2.21 bits per heavy atom. The van der Waals surface area contributed by atoms with E-state index in [2.05, 4.69) is 31.9 Å². The molecule has 0 saturated heterocycles. The predicted molar refractivity (Wildman–Crippen MR) is 86.0 cm³/mol. The van der Waals surface area contributed by atoms with E-state index in [1.165, 1.54) is 4.90 Å². The molecule has 0 radical (unpaired) electrons. The van der Waals surface area contributed by atoms with Gasteiger partial charge < -0.3 is 4.90 Å². The summed E-state index contributed by atoms with van der Waals surface area (Å²) in [6, 6.07) is 12.7. The molecule has 0 saturated carbocycles. The molecule has 0 bridgehead atoms. The Morgan fingerprint density at radius 2 is 1.63 bits per heavy atom. The summed E-state index contributed by atoms with van der Waals surface area (Å²) in [5, 5.41) is 0.530. The van der Waals surface area contributed by atoms with Crippen LogP contribution in [0.5, 0.6) is 0 Å². The van der Waals surface area contributed by atoms with E-state index in [-0.39, 0.29) is 5.91 Å². The maximum atomic E-state index is 12.3. The van der Waals surface area contributed by atoms with Crippen molar-refractivity contribution in [2.45, 2.75) is 0 Å². The molecular formula is C14H10Br2ClNO. The second kappa shape index (κ2) is 6.07. The minimum absolute atomic E-state index is 0.100. The number of hydrogen-bond acceptors (Lipinski definition) is 1. The highest BCUT2D eigenvalue weighted by molar-refractivity contribution is 9.10. The highest BCUT2D eigenvalue weighted by atomic mass is 79.9. The molecule has 2 nitrogen and oxygen atoms in total. The van der Waals surface area contributed by atoms with Crippen molar-refractivity contribution in [3.05, 3.63) is 62.0 Å². The predicted octanol–water partition coefficient (Wildman–Crippen LogP) is 5.14. The Morgan fingerprint density at radius 1 is 1.05 bits per heavy atom. The van der Waals surface area contributed by atoms with Crippen molar-refractivity contribution in [1.29, 1.82) is 0 Å².